The predicted octanol–water partition coefficient (Wildman–Crippen LogP) is 2.27. The molecule has 0 saturated carbocycles. The highest BCUT2D eigenvalue weighted by Gasteiger charge is 2.24. The lowest BCUT2D eigenvalue weighted by Gasteiger charge is -2.37. The van der Waals surface area contributed by atoms with E-state index in [0.29, 0.717) is 31.9 Å². The first-order chi connectivity index (χ1) is 8.99. The molecule has 1 amide bonds. The second kappa shape index (κ2) is 5.55. The Labute approximate surface area is 111 Å². The topological polar surface area (TPSA) is 23.6 Å². The van der Waals surface area contributed by atoms with Crippen LogP contribution in [0.2, 0.25) is 0 Å². The maximum atomic E-state index is 13.7. The van der Waals surface area contributed by atoms with Crippen LogP contribution in [0.1, 0.15) is 13.8 Å². The van der Waals surface area contributed by atoms with Crippen molar-refractivity contribution >= 4 is 11.6 Å². The Morgan fingerprint density at radius 2 is 1.79 bits per heavy atom. The summed E-state index contributed by atoms with van der Waals surface area (Å²) in [6.45, 7) is 6.03. The maximum Gasteiger partial charge on any atom is 0.225 e. The number of carbonyl (C=O) groups is 1. The number of benzene rings is 1. The number of amides is 1. The van der Waals surface area contributed by atoms with Crippen molar-refractivity contribution in [2.45, 2.75) is 13.8 Å². The number of carbonyl (C=O) groups excluding carboxylic acids is 1. The van der Waals surface area contributed by atoms with Gasteiger partial charge in [-0.15, -0.1) is 0 Å². The standard InChI is InChI=1S/C14H18F2N2O/c1-10(2)14(19)18-7-5-17(6-8-18)13-4-3-11(15)9-12(13)16/h3-4,9-10H,5-8H2,1-2H3. The first-order valence-electron chi connectivity index (χ1n) is 6.48. The molecule has 0 aromatic heterocycles. The van der Waals surface area contributed by atoms with Crippen LogP contribution in [0.3, 0.4) is 0 Å². The zero-order valence-electron chi connectivity index (χ0n) is 11.2. The van der Waals surface area contributed by atoms with Gasteiger partial charge in [0.25, 0.3) is 0 Å². The fourth-order valence-electron chi connectivity index (χ4n) is 2.27. The van der Waals surface area contributed by atoms with Crippen LogP contribution in [0.25, 0.3) is 0 Å². The molecular weight excluding hydrogens is 250 g/mol. The molecule has 1 aliphatic rings. The van der Waals surface area contributed by atoms with Gasteiger partial charge >= 0.3 is 0 Å². The van der Waals surface area contributed by atoms with E-state index in [9.17, 15) is 13.6 Å². The normalized spacial score (nSPS) is 16.1. The zero-order chi connectivity index (χ0) is 14.0. The van der Waals surface area contributed by atoms with E-state index in [1.54, 1.807) is 4.90 Å². The van der Waals surface area contributed by atoms with Gasteiger partial charge in [-0.3, -0.25) is 4.79 Å². The Morgan fingerprint density at radius 1 is 1.16 bits per heavy atom. The van der Waals surface area contributed by atoms with Gasteiger partial charge in [0.05, 0.1) is 5.69 Å². The molecule has 1 aromatic carbocycles. The van der Waals surface area contributed by atoms with E-state index < -0.39 is 11.6 Å². The summed E-state index contributed by atoms with van der Waals surface area (Å²) in [6, 6.07) is 3.59. The van der Waals surface area contributed by atoms with Crippen LogP contribution < -0.4 is 4.90 Å². The van der Waals surface area contributed by atoms with Gasteiger partial charge in [0.2, 0.25) is 5.91 Å². The number of anilines is 1. The summed E-state index contributed by atoms with van der Waals surface area (Å²) in [5.74, 6) is -1.02. The fourth-order valence-corrected chi connectivity index (χ4v) is 2.27. The van der Waals surface area contributed by atoms with Crippen LogP contribution in [-0.4, -0.2) is 37.0 Å². The van der Waals surface area contributed by atoms with Crippen LogP contribution >= 0.6 is 0 Å². The minimum absolute atomic E-state index is 0.0193. The average Bonchev–Trinajstić information content (AvgIpc) is 2.38. The average molecular weight is 268 g/mol. The van der Waals surface area contributed by atoms with Gasteiger partial charge in [0, 0.05) is 38.2 Å². The Morgan fingerprint density at radius 3 is 2.32 bits per heavy atom. The monoisotopic (exact) mass is 268 g/mol. The van der Waals surface area contributed by atoms with Crippen molar-refractivity contribution in [2.75, 3.05) is 31.1 Å². The minimum atomic E-state index is -0.574. The highest BCUT2D eigenvalue weighted by Crippen LogP contribution is 2.21. The third-order valence-electron chi connectivity index (χ3n) is 3.34. The van der Waals surface area contributed by atoms with E-state index in [4.69, 9.17) is 0 Å². The summed E-state index contributed by atoms with van der Waals surface area (Å²) in [5.41, 5.74) is 0.401. The molecule has 0 atom stereocenters. The van der Waals surface area contributed by atoms with Gasteiger partial charge in [-0.2, -0.15) is 0 Å². The predicted molar refractivity (Wildman–Crippen MR) is 70.0 cm³/mol. The first kappa shape index (κ1) is 13.8. The molecule has 0 N–H and O–H groups in total. The number of piperazine rings is 1. The van der Waals surface area contributed by atoms with Crippen LogP contribution in [0.4, 0.5) is 14.5 Å². The Kier molecular flexibility index (Phi) is 4.02. The van der Waals surface area contributed by atoms with E-state index in [1.165, 1.54) is 12.1 Å². The summed E-state index contributed by atoms with van der Waals surface area (Å²) in [5, 5.41) is 0. The molecule has 5 heteroatoms. The van der Waals surface area contributed by atoms with Crippen molar-refractivity contribution in [2.24, 2.45) is 5.92 Å². The van der Waals surface area contributed by atoms with Crippen LogP contribution in [0.15, 0.2) is 18.2 Å². The number of nitrogens with zero attached hydrogens (tertiary/aromatic N) is 2. The largest absolute Gasteiger partial charge is 0.366 e. The van der Waals surface area contributed by atoms with Crippen molar-refractivity contribution in [1.82, 2.24) is 4.90 Å². The molecule has 1 fully saturated rings. The maximum absolute atomic E-state index is 13.7. The molecule has 0 aliphatic carbocycles. The lowest BCUT2D eigenvalue weighted by Crippen LogP contribution is -2.50. The van der Waals surface area contributed by atoms with E-state index in [-0.39, 0.29) is 11.8 Å². The molecule has 1 heterocycles. The summed E-state index contributed by atoms with van der Waals surface area (Å²) >= 11 is 0. The van der Waals surface area contributed by atoms with Crippen LogP contribution in [0.5, 0.6) is 0 Å². The molecule has 0 unspecified atom stereocenters. The van der Waals surface area contributed by atoms with Crippen molar-refractivity contribution in [3.8, 4) is 0 Å². The second-order valence-electron chi connectivity index (χ2n) is 5.06. The van der Waals surface area contributed by atoms with E-state index in [2.05, 4.69) is 0 Å². The molecule has 0 spiro atoms. The zero-order valence-corrected chi connectivity index (χ0v) is 11.2. The number of rotatable bonds is 2. The molecule has 104 valence electrons. The molecule has 19 heavy (non-hydrogen) atoms. The molecular formula is C14H18F2N2O. The highest BCUT2D eigenvalue weighted by molar-refractivity contribution is 5.78. The van der Waals surface area contributed by atoms with Crippen molar-refractivity contribution in [1.29, 1.82) is 0 Å². The van der Waals surface area contributed by atoms with E-state index in [0.717, 1.165) is 6.07 Å². The third-order valence-corrected chi connectivity index (χ3v) is 3.34. The number of halogens is 2. The quantitative estimate of drug-likeness (QED) is 0.821. The fraction of sp³-hybridized carbons (Fsp3) is 0.500. The number of hydrogen-bond donors (Lipinski definition) is 0. The summed E-state index contributed by atoms with van der Waals surface area (Å²) in [7, 11) is 0. The van der Waals surface area contributed by atoms with Crippen molar-refractivity contribution < 1.29 is 13.6 Å². The molecule has 2 rings (SSSR count). The smallest absolute Gasteiger partial charge is 0.225 e. The lowest BCUT2D eigenvalue weighted by molar-refractivity contribution is -0.134. The van der Waals surface area contributed by atoms with Gasteiger partial charge in [-0.1, -0.05) is 13.8 Å². The summed E-state index contributed by atoms with van der Waals surface area (Å²) < 4.78 is 26.5. The van der Waals surface area contributed by atoms with Crippen LogP contribution in [0, 0.1) is 17.6 Å². The van der Waals surface area contributed by atoms with Gasteiger partial charge in [-0.05, 0) is 12.1 Å². The molecule has 1 aromatic rings. The minimum Gasteiger partial charge on any atom is -0.366 e. The SMILES string of the molecule is CC(C)C(=O)N1CCN(c2ccc(F)cc2F)CC1. The first-order valence-corrected chi connectivity index (χ1v) is 6.48. The third kappa shape index (κ3) is 3.03. The van der Waals surface area contributed by atoms with Gasteiger partial charge in [-0.25, -0.2) is 8.78 Å². The molecule has 1 aliphatic heterocycles. The summed E-state index contributed by atoms with van der Waals surface area (Å²) in [6.07, 6.45) is 0. The molecule has 0 radical (unpaired) electrons. The molecule has 3 nitrogen and oxygen atoms in total. The van der Waals surface area contributed by atoms with Crippen molar-refractivity contribution in [3.63, 3.8) is 0 Å². The Balaban J connectivity index is 2.02. The van der Waals surface area contributed by atoms with Crippen molar-refractivity contribution in [3.05, 3.63) is 29.8 Å². The van der Waals surface area contributed by atoms with E-state index >= 15 is 0 Å². The highest BCUT2D eigenvalue weighted by atomic mass is 19.1. The lowest BCUT2D eigenvalue weighted by atomic mass is 10.1. The second-order valence-corrected chi connectivity index (χ2v) is 5.06. The van der Waals surface area contributed by atoms with E-state index in [1.807, 2.05) is 18.7 Å². The van der Waals surface area contributed by atoms with Gasteiger partial charge < -0.3 is 9.80 Å². The summed E-state index contributed by atoms with van der Waals surface area (Å²) in [4.78, 5) is 15.5. The van der Waals surface area contributed by atoms with Gasteiger partial charge in [0.15, 0.2) is 0 Å². The molecule has 0 bridgehead atoms. The molecule has 1 saturated heterocycles. The van der Waals surface area contributed by atoms with Gasteiger partial charge in [0.1, 0.15) is 11.6 Å². The number of hydrogen-bond acceptors (Lipinski definition) is 2. The van der Waals surface area contributed by atoms with Crippen LogP contribution in [-0.2, 0) is 4.79 Å². The Bertz CT molecular complexity index is 469. The Hall–Kier alpha value is -1.65.